The highest BCUT2D eigenvalue weighted by atomic mass is 16.6. The molecule has 110 valence electrons. The average Bonchev–Trinajstić information content (AvgIpc) is 2.64. The molecule has 1 aliphatic carbocycles. The van der Waals surface area contributed by atoms with Crippen LogP contribution in [-0.2, 0) is 6.42 Å². The lowest BCUT2D eigenvalue weighted by molar-refractivity contribution is -0.385. The molecule has 0 heterocycles. The quantitative estimate of drug-likeness (QED) is 0.522. The molecule has 1 aliphatic rings. The highest BCUT2D eigenvalue weighted by Crippen LogP contribution is 2.29. The van der Waals surface area contributed by atoms with Crippen LogP contribution in [0.5, 0.6) is 5.75 Å². The molecular weight excluding hydrogens is 258 g/mol. The minimum Gasteiger partial charge on any atom is -0.496 e. The maximum Gasteiger partial charge on any atom is 0.273 e. The Morgan fingerprint density at radius 2 is 2.05 bits per heavy atom. The number of benzene rings is 1. The number of ether oxygens (including phenoxy) is 1. The van der Waals surface area contributed by atoms with Gasteiger partial charge in [0.05, 0.1) is 24.2 Å². The van der Waals surface area contributed by atoms with Crippen molar-refractivity contribution in [1.29, 1.82) is 0 Å². The van der Waals surface area contributed by atoms with E-state index < -0.39 is 4.92 Å². The van der Waals surface area contributed by atoms with Gasteiger partial charge in [0.15, 0.2) is 0 Å². The highest BCUT2D eigenvalue weighted by molar-refractivity contribution is 5.43. The number of aliphatic hydroxyl groups is 1. The van der Waals surface area contributed by atoms with E-state index in [4.69, 9.17) is 4.74 Å². The lowest BCUT2D eigenvalue weighted by Crippen LogP contribution is -2.21. The van der Waals surface area contributed by atoms with Gasteiger partial charge in [0.2, 0.25) is 0 Å². The van der Waals surface area contributed by atoms with Gasteiger partial charge >= 0.3 is 0 Å². The zero-order chi connectivity index (χ0) is 14.5. The summed E-state index contributed by atoms with van der Waals surface area (Å²) in [4.78, 5) is 10.5. The van der Waals surface area contributed by atoms with E-state index in [0.29, 0.717) is 12.2 Å². The van der Waals surface area contributed by atoms with Crippen molar-refractivity contribution in [2.75, 3.05) is 7.11 Å². The number of rotatable bonds is 4. The number of nitro groups is 1. The van der Waals surface area contributed by atoms with E-state index >= 15 is 0 Å². The van der Waals surface area contributed by atoms with Gasteiger partial charge in [0.25, 0.3) is 5.69 Å². The molecule has 1 aromatic carbocycles. The molecule has 1 N–H and O–H groups in total. The third-order valence-corrected chi connectivity index (χ3v) is 4.01. The van der Waals surface area contributed by atoms with Gasteiger partial charge in [-0.3, -0.25) is 10.1 Å². The van der Waals surface area contributed by atoms with Crippen LogP contribution in [0.25, 0.3) is 0 Å². The monoisotopic (exact) mass is 279 g/mol. The molecule has 0 amide bonds. The first kappa shape index (κ1) is 14.8. The number of hydrogen-bond donors (Lipinski definition) is 1. The molecule has 1 saturated carbocycles. The Balaban J connectivity index is 2.18. The van der Waals surface area contributed by atoms with Crippen LogP contribution in [0.15, 0.2) is 18.2 Å². The lowest BCUT2D eigenvalue weighted by Gasteiger charge is -2.20. The third kappa shape index (κ3) is 3.70. The average molecular weight is 279 g/mol. The molecule has 1 fully saturated rings. The van der Waals surface area contributed by atoms with Crippen LogP contribution in [0.2, 0.25) is 0 Å². The van der Waals surface area contributed by atoms with Crippen LogP contribution in [0.1, 0.15) is 37.7 Å². The van der Waals surface area contributed by atoms with Gasteiger partial charge in [-0.1, -0.05) is 19.3 Å². The Kier molecular flexibility index (Phi) is 4.95. The molecule has 0 radical (unpaired) electrons. The SMILES string of the molecule is COc1cc(CC2CCCCCC2O)cc([N+](=O)[O-])c1. The summed E-state index contributed by atoms with van der Waals surface area (Å²) in [6, 6.07) is 4.83. The van der Waals surface area contributed by atoms with Crippen molar-refractivity contribution in [2.24, 2.45) is 5.92 Å². The van der Waals surface area contributed by atoms with Gasteiger partial charge in [-0.2, -0.15) is 0 Å². The molecular formula is C15H21NO4. The van der Waals surface area contributed by atoms with Gasteiger partial charge in [-0.25, -0.2) is 0 Å². The van der Waals surface area contributed by atoms with E-state index in [0.717, 1.165) is 37.7 Å². The molecule has 0 bridgehead atoms. The zero-order valence-electron chi connectivity index (χ0n) is 11.7. The second-order valence-corrected chi connectivity index (χ2v) is 5.47. The molecule has 0 aromatic heterocycles. The summed E-state index contributed by atoms with van der Waals surface area (Å²) in [6.07, 6.45) is 5.51. The van der Waals surface area contributed by atoms with E-state index in [-0.39, 0.29) is 17.7 Å². The summed E-state index contributed by atoms with van der Waals surface area (Å²) in [5.41, 5.74) is 0.907. The molecule has 0 aliphatic heterocycles. The standard InChI is InChI=1S/C15H21NO4/c1-20-14-9-11(8-13(10-14)16(18)19)7-12-5-3-2-4-6-15(12)17/h8-10,12,15,17H,2-7H2,1H3. The maximum atomic E-state index is 10.9. The van der Waals surface area contributed by atoms with Gasteiger partial charge in [-0.15, -0.1) is 0 Å². The second kappa shape index (κ2) is 6.70. The first-order chi connectivity index (χ1) is 9.60. The van der Waals surface area contributed by atoms with Crippen LogP contribution in [-0.4, -0.2) is 23.2 Å². The van der Waals surface area contributed by atoms with Crippen LogP contribution in [0, 0.1) is 16.0 Å². The van der Waals surface area contributed by atoms with E-state index in [9.17, 15) is 15.2 Å². The first-order valence-corrected chi connectivity index (χ1v) is 7.10. The fourth-order valence-corrected chi connectivity index (χ4v) is 2.89. The molecule has 20 heavy (non-hydrogen) atoms. The number of nitro benzene ring substituents is 1. The van der Waals surface area contributed by atoms with Crippen LogP contribution < -0.4 is 4.74 Å². The topological polar surface area (TPSA) is 72.6 Å². The van der Waals surface area contributed by atoms with E-state index in [1.807, 2.05) is 6.07 Å². The first-order valence-electron chi connectivity index (χ1n) is 7.10. The molecule has 1 aromatic rings. The number of hydrogen-bond acceptors (Lipinski definition) is 4. The van der Waals surface area contributed by atoms with Gasteiger partial charge < -0.3 is 9.84 Å². The number of non-ortho nitro benzene ring substituents is 1. The minimum atomic E-state index is -0.407. The van der Waals surface area contributed by atoms with Crippen LogP contribution in [0.4, 0.5) is 5.69 Å². The molecule has 0 spiro atoms. The zero-order valence-corrected chi connectivity index (χ0v) is 11.7. The third-order valence-electron chi connectivity index (χ3n) is 4.01. The van der Waals surface area contributed by atoms with E-state index in [1.165, 1.54) is 13.2 Å². The Hall–Kier alpha value is -1.62. The highest BCUT2D eigenvalue weighted by Gasteiger charge is 2.23. The van der Waals surface area contributed by atoms with Crippen molar-refractivity contribution in [3.8, 4) is 5.75 Å². The number of aliphatic hydroxyl groups excluding tert-OH is 1. The maximum absolute atomic E-state index is 10.9. The molecule has 2 unspecified atom stereocenters. The predicted molar refractivity (Wildman–Crippen MR) is 75.9 cm³/mol. The largest absolute Gasteiger partial charge is 0.496 e. The predicted octanol–water partition coefficient (Wildman–Crippen LogP) is 3.09. The normalized spacial score (nSPS) is 23.1. The van der Waals surface area contributed by atoms with Crippen molar-refractivity contribution >= 4 is 5.69 Å². The van der Waals surface area contributed by atoms with Gasteiger partial charge in [0.1, 0.15) is 5.75 Å². The van der Waals surface area contributed by atoms with Crippen molar-refractivity contribution in [2.45, 2.75) is 44.6 Å². The number of methoxy groups -OCH3 is 1. The van der Waals surface area contributed by atoms with Crippen molar-refractivity contribution < 1.29 is 14.8 Å². The van der Waals surface area contributed by atoms with Crippen molar-refractivity contribution in [3.63, 3.8) is 0 Å². The van der Waals surface area contributed by atoms with Crippen molar-refractivity contribution in [1.82, 2.24) is 0 Å². The second-order valence-electron chi connectivity index (χ2n) is 5.47. The summed E-state index contributed by atoms with van der Waals surface area (Å²) < 4.78 is 5.12. The van der Waals surface area contributed by atoms with E-state index in [2.05, 4.69) is 0 Å². The molecule has 2 atom stereocenters. The molecule has 0 saturated heterocycles. The van der Waals surface area contributed by atoms with Crippen LogP contribution >= 0.6 is 0 Å². The van der Waals surface area contributed by atoms with E-state index in [1.54, 1.807) is 6.07 Å². The molecule has 2 rings (SSSR count). The summed E-state index contributed by atoms with van der Waals surface area (Å²) in [7, 11) is 1.50. The Morgan fingerprint density at radius 1 is 1.30 bits per heavy atom. The lowest BCUT2D eigenvalue weighted by atomic mass is 9.90. The van der Waals surface area contributed by atoms with Crippen LogP contribution in [0.3, 0.4) is 0 Å². The summed E-state index contributed by atoms with van der Waals surface area (Å²) in [5.74, 6) is 0.682. The fourth-order valence-electron chi connectivity index (χ4n) is 2.89. The van der Waals surface area contributed by atoms with Gasteiger partial charge in [-0.05, 0) is 36.8 Å². The summed E-state index contributed by atoms with van der Waals surface area (Å²) >= 11 is 0. The Morgan fingerprint density at radius 3 is 2.75 bits per heavy atom. The summed E-state index contributed by atoms with van der Waals surface area (Å²) in [6.45, 7) is 0. The molecule has 5 nitrogen and oxygen atoms in total. The smallest absolute Gasteiger partial charge is 0.273 e. The fraction of sp³-hybridized carbons (Fsp3) is 0.600. The number of nitrogens with zero attached hydrogens (tertiary/aromatic N) is 1. The minimum absolute atomic E-state index is 0.0439. The van der Waals surface area contributed by atoms with Gasteiger partial charge in [0, 0.05) is 6.07 Å². The molecule has 5 heteroatoms. The Bertz CT molecular complexity index is 475. The Labute approximate surface area is 118 Å². The van der Waals surface area contributed by atoms with Crippen molar-refractivity contribution in [3.05, 3.63) is 33.9 Å². The summed E-state index contributed by atoms with van der Waals surface area (Å²) in [5, 5.41) is 21.1.